The molecule has 158 valence electrons. The molecule has 3 aliphatic carbocycles. The Kier molecular flexibility index (Phi) is 7.29. The van der Waals surface area contributed by atoms with E-state index in [2.05, 4.69) is 27.7 Å². The van der Waals surface area contributed by atoms with Crippen LogP contribution in [0.25, 0.3) is 0 Å². The quantitative estimate of drug-likeness (QED) is 0.289. The molecule has 8 atom stereocenters. The largest absolute Gasteiger partial charge is 0.173 e. The second-order valence-corrected chi connectivity index (χ2v) is 14.9. The SMILES string of the molecule is C[C@H]1CC[C@@H]([C@H]2CC[C@@H]([C@H]3CCC[C@@](C)(S)C3)C[C@@](C)(S)C2)C[C@@](C)(S)C1. The normalized spacial score (nSPS) is 52.8. The lowest BCUT2D eigenvalue weighted by atomic mass is 9.72. The van der Waals surface area contributed by atoms with Gasteiger partial charge in [0.25, 0.3) is 0 Å². The Bertz CT molecular complexity index is 496. The van der Waals surface area contributed by atoms with Gasteiger partial charge in [-0.1, -0.05) is 47.0 Å². The molecule has 3 saturated carbocycles. The first-order valence-electron chi connectivity index (χ1n) is 11.6. The molecule has 0 aliphatic heterocycles. The van der Waals surface area contributed by atoms with Crippen molar-refractivity contribution in [1.82, 2.24) is 0 Å². The van der Waals surface area contributed by atoms with Gasteiger partial charge in [0.05, 0.1) is 0 Å². The third-order valence-corrected chi connectivity index (χ3v) is 9.29. The van der Waals surface area contributed by atoms with Crippen LogP contribution in [0.5, 0.6) is 0 Å². The van der Waals surface area contributed by atoms with Crippen LogP contribution < -0.4 is 0 Å². The maximum Gasteiger partial charge on any atom is 0.0107 e. The van der Waals surface area contributed by atoms with Crippen molar-refractivity contribution in [3.8, 4) is 0 Å². The van der Waals surface area contributed by atoms with E-state index in [9.17, 15) is 0 Å². The molecule has 0 spiro atoms. The summed E-state index contributed by atoms with van der Waals surface area (Å²) in [6.07, 6.45) is 16.2. The molecule has 0 aromatic heterocycles. The summed E-state index contributed by atoms with van der Waals surface area (Å²) in [5, 5.41) is 0. The fourth-order valence-corrected chi connectivity index (χ4v) is 8.48. The number of rotatable bonds is 2. The highest BCUT2D eigenvalue weighted by Crippen LogP contribution is 2.51. The van der Waals surface area contributed by atoms with Crippen LogP contribution in [0, 0.1) is 29.6 Å². The Morgan fingerprint density at radius 3 is 1.48 bits per heavy atom. The molecule has 0 unspecified atom stereocenters. The molecule has 0 N–H and O–H groups in total. The van der Waals surface area contributed by atoms with E-state index in [1.807, 2.05) is 0 Å². The summed E-state index contributed by atoms with van der Waals surface area (Å²) in [4.78, 5) is 0. The number of thiol groups is 3. The van der Waals surface area contributed by atoms with E-state index in [0.717, 1.165) is 29.6 Å². The summed E-state index contributed by atoms with van der Waals surface area (Å²) < 4.78 is 0.671. The van der Waals surface area contributed by atoms with Crippen LogP contribution in [-0.2, 0) is 0 Å². The minimum atomic E-state index is 0.196. The first-order chi connectivity index (χ1) is 12.4. The monoisotopic (exact) mass is 428 g/mol. The van der Waals surface area contributed by atoms with E-state index < -0.39 is 0 Å². The smallest absolute Gasteiger partial charge is 0.0107 e. The first-order valence-corrected chi connectivity index (χ1v) is 13.0. The van der Waals surface area contributed by atoms with Gasteiger partial charge in [0.2, 0.25) is 0 Å². The van der Waals surface area contributed by atoms with Crippen LogP contribution in [0.3, 0.4) is 0 Å². The Hall–Kier alpha value is 1.05. The van der Waals surface area contributed by atoms with E-state index in [0.29, 0.717) is 0 Å². The molecule has 3 rings (SSSR count). The molecule has 0 nitrogen and oxygen atoms in total. The number of hydrogen-bond donors (Lipinski definition) is 3. The zero-order valence-electron chi connectivity index (χ0n) is 18.2. The summed E-state index contributed by atoms with van der Waals surface area (Å²) in [6.45, 7) is 9.62. The molecule has 0 aromatic carbocycles. The lowest BCUT2D eigenvalue weighted by Crippen LogP contribution is -2.33. The molecule has 0 aromatic rings. The zero-order chi connectivity index (χ0) is 19.9. The fraction of sp³-hybridized carbons (Fsp3) is 1.00. The second kappa shape index (κ2) is 8.66. The average Bonchev–Trinajstić information content (AvgIpc) is 2.76. The molecule has 0 radical (unpaired) electrons. The zero-order valence-corrected chi connectivity index (χ0v) is 20.9. The fourth-order valence-electron chi connectivity index (χ4n) is 7.07. The van der Waals surface area contributed by atoms with Gasteiger partial charge in [-0.3, -0.25) is 0 Å². The van der Waals surface area contributed by atoms with Crippen LogP contribution in [0.4, 0.5) is 0 Å². The molecular formula is C24H44S3. The second-order valence-electron chi connectivity index (χ2n) is 11.7. The molecule has 0 amide bonds. The van der Waals surface area contributed by atoms with Crippen molar-refractivity contribution in [1.29, 1.82) is 0 Å². The highest BCUT2D eigenvalue weighted by Gasteiger charge is 2.42. The van der Waals surface area contributed by atoms with Gasteiger partial charge in [-0.2, -0.15) is 37.9 Å². The van der Waals surface area contributed by atoms with Crippen molar-refractivity contribution in [2.75, 3.05) is 0 Å². The van der Waals surface area contributed by atoms with Gasteiger partial charge in [0, 0.05) is 14.2 Å². The minimum Gasteiger partial charge on any atom is -0.173 e. The van der Waals surface area contributed by atoms with E-state index in [-0.39, 0.29) is 14.2 Å². The van der Waals surface area contributed by atoms with Gasteiger partial charge in [-0.25, -0.2) is 0 Å². The Morgan fingerprint density at radius 2 is 0.963 bits per heavy atom. The Balaban J connectivity index is 1.69. The predicted molar refractivity (Wildman–Crippen MR) is 131 cm³/mol. The van der Waals surface area contributed by atoms with Crippen molar-refractivity contribution >= 4 is 37.9 Å². The van der Waals surface area contributed by atoms with Crippen molar-refractivity contribution in [2.45, 2.75) is 119 Å². The molecule has 0 bridgehead atoms. The van der Waals surface area contributed by atoms with Crippen LogP contribution >= 0.6 is 37.9 Å². The van der Waals surface area contributed by atoms with Crippen molar-refractivity contribution < 1.29 is 0 Å². The summed E-state index contributed by atoms with van der Waals surface area (Å²) in [7, 11) is 0. The topological polar surface area (TPSA) is 0 Å². The van der Waals surface area contributed by atoms with Crippen LogP contribution in [0.15, 0.2) is 0 Å². The van der Waals surface area contributed by atoms with Crippen molar-refractivity contribution in [3.05, 3.63) is 0 Å². The maximum atomic E-state index is 5.24. The molecule has 0 heterocycles. The molecule has 3 fully saturated rings. The summed E-state index contributed by atoms with van der Waals surface area (Å²) in [5.74, 6) is 4.25. The lowest BCUT2D eigenvalue weighted by Gasteiger charge is -2.40. The maximum absolute atomic E-state index is 5.24. The summed E-state index contributed by atoms with van der Waals surface area (Å²) >= 11 is 15.3. The van der Waals surface area contributed by atoms with Gasteiger partial charge in [0.15, 0.2) is 0 Å². The standard InChI is InChI=1S/C24H44S3/c1-17-7-8-19(14-23(3,26)12-17)21-10-9-20(15-24(4,27)16-21)18-6-5-11-22(2,25)13-18/h17-21,25-27H,5-16H2,1-4H3/t17-,18-,19+,20+,21-,22+,23-,24+/m0/s1. The molecule has 0 saturated heterocycles. The third kappa shape index (κ3) is 6.51. The van der Waals surface area contributed by atoms with Crippen LogP contribution in [0.2, 0.25) is 0 Å². The molecule has 27 heavy (non-hydrogen) atoms. The van der Waals surface area contributed by atoms with E-state index in [1.54, 1.807) is 0 Å². The highest BCUT2D eigenvalue weighted by molar-refractivity contribution is 7.82. The first kappa shape index (κ1) is 22.7. The number of hydrogen-bond acceptors (Lipinski definition) is 3. The van der Waals surface area contributed by atoms with Gasteiger partial charge < -0.3 is 0 Å². The van der Waals surface area contributed by atoms with Gasteiger partial charge in [-0.05, 0) is 87.4 Å². The van der Waals surface area contributed by atoms with Crippen molar-refractivity contribution in [2.24, 2.45) is 29.6 Å². The van der Waals surface area contributed by atoms with E-state index >= 15 is 0 Å². The summed E-state index contributed by atoms with van der Waals surface area (Å²) in [5.41, 5.74) is 0. The average molecular weight is 429 g/mol. The summed E-state index contributed by atoms with van der Waals surface area (Å²) in [6, 6.07) is 0. The molecule has 3 aliphatic rings. The van der Waals surface area contributed by atoms with Gasteiger partial charge >= 0.3 is 0 Å². The molecule has 3 heteroatoms. The van der Waals surface area contributed by atoms with Crippen LogP contribution in [0.1, 0.15) is 105 Å². The Morgan fingerprint density at radius 1 is 0.556 bits per heavy atom. The minimum absolute atomic E-state index is 0.196. The highest BCUT2D eigenvalue weighted by atomic mass is 32.1. The predicted octanol–water partition coefficient (Wildman–Crippen LogP) is 7.87. The van der Waals surface area contributed by atoms with Gasteiger partial charge in [-0.15, -0.1) is 0 Å². The van der Waals surface area contributed by atoms with E-state index in [4.69, 9.17) is 37.9 Å². The van der Waals surface area contributed by atoms with E-state index in [1.165, 1.54) is 77.0 Å². The molecular weight excluding hydrogens is 384 g/mol. The lowest BCUT2D eigenvalue weighted by molar-refractivity contribution is 0.194. The van der Waals surface area contributed by atoms with Crippen LogP contribution in [-0.4, -0.2) is 14.2 Å². The third-order valence-electron chi connectivity index (χ3n) is 8.16. The van der Waals surface area contributed by atoms with Gasteiger partial charge in [0.1, 0.15) is 0 Å². The Labute approximate surface area is 186 Å². The van der Waals surface area contributed by atoms with Crippen molar-refractivity contribution in [3.63, 3.8) is 0 Å².